The van der Waals surface area contributed by atoms with Gasteiger partial charge in [-0.25, -0.2) is 0 Å². The molecule has 0 fully saturated rings. The summed E-state index contributed by atoms with van der Waals surface area (Å²) in [4.78, 5) is 17.3. The van der Waals surface area contributed by atoms with Crippen molar-refractivity contribution >= 4 is 11.5 Å². The fourth-order valence-corrected chi connectivity index (χ4v) is 4.24. The maximum Gasteiger partial charge on any atom is 0.183 e. The van der Waals surface area contributed by atoms with Crippen molar-refractivity contribution in [2.75, 3.05) is 14.2 Å². The van der Waals surface area contributed by atoms with E-state index in [0.29, 0.717) is 12.2 Å². The summed E-state index contributed by atoms with van der Waals surface area (Å²) in [6, 6.07) is 5.97. The molecule has 0 saturated carbocycles. The molecule has 1 aliphatic carbocycles. The van der Waals surface area contributed by atoms with Gasteiger partial charge in [0, 0.05) is 17.5 Å². The van der Waals surface area contributed by atoms with Crippen molar-refractivity contribution in [3.8, 4) is 11.5 Å². The van der Waals surface area contributed by atoms with Gasteiger partial charge in [0.05, 0.1) is 19.8 Å². The van der Waals surface area contributed by atoms with E-state index in [-0.39, 0.29) is 16.7 Å². The average Bonchev–Trinajstić information content (AvgIpc) is 2.81. The van der Waals surface area contributed by atoms with Crippen LogP contribution < -0.4 is 9.47 Å². The molecule has 3 rings (SSSR count). The molecular formula is C22H27NO3. The second kappa shape index (κ2) is 6.42. The number of hydrogen-bond acceptors (Lipinski definition) is 4. The van der Waals surface area contributed by atoms with Crippen molar-refractivity contribution in [3.05, 3.63) is 47.1 Å². The van der Waals surface area contributed by atoms with Gasteiger partial charge in [-0.3, -0.25) is 9.79 Å². The largest absolute Gasteiger partial charge is 0.493 e. The number of ether oxygens (including phenoxy) is 2. The Kier molecular flexibility index (Phi) is 4.55. The number of ketones is 1. The predicted molar refractivity (Wildman–Crippen MR) is 104 cm³/mol. The van der Waals surface area contributed by atoms with Crippen LogP contribution in [0, 0.1) is 5.41 Å². The zero-order chi connectivity index (χ0) is 19.1. The van der Waals surface area contributed by atoms with E-state index < -0.39 is 0 Å². The summed E-state index contributed by atoms with van der Waals surface area (Å²) in [5.74, 6) is 1.56. The molecule has 1 aromatic carbocycles. The van der Waals surface area contributed by atoms with Crippen molar-refractivity contribution in [3.63, 3.8) is 0 Å². The van der Waals surface area contributed by atoms with E-state index in [9.17, 15) is 4.79 Å². The van der Waals surface area contributed by atoms with E-state index in [1.54, 1.807) is 14.2 Å². The van der Waals surface area contributed by atoms with Gasteiger partial charge in [-0.05, 0) is 63.0 Å². The molecule has 4 heteroatoms. The molecule has 0 aromatic heterocycles. The Hall–Kier alpha value is -2.36. The Morgan fingerprint density at radius 1 is 1.04 bits per heavy atom. The molecule has 26 heavy (non-hydrogen) atoms. The number of nitrogens with zero attached hydrogens (tertiary/aromatic N) is 1. The lowest BCUT2D eigenvalue weighted by Gasteiger charge is -2.30. The first-order chi connectivity index (χ1) is 12.2. The summed E-state index contributed by atoms with van der Waals surface area (Å²) >= 11 is 0. The molecule has 2 aliphatic rings. The number of carbonyl (C=O) groups excluding carboxylic acids is 1. The van der Waals surface area contributed by atoms with Crippen molar-refractivity contribution in [2.45, 2.75) is 46.1 Å². The van der Waals surface area contributed by atoms with E-state index in [2.05, 4.69) is 26.0 Å². The molecule has 1 aliphatic heterocycles. The van der Waals surface area contributed by atoms with Gasteiger partial charge < -0.3 is 9.47 Å². The molecule has 0 saturated heterocycles. The first-order valence-corrected chi connectivity index (χ1v) is 8.93. The van der Waals surface area contributed by atoms with Crippen LogP contribution in [-0.4, -0.2) is 31.3 Å². The van der Waals surface area contributed by atoms with Gasteiger partial charge in [0.2, 0.25) is 0 Å². The summed E-state index contributed by atoms with van der Waals surface area (Å²) in [6.45, 7) is 8.11. The third kappa shape index (κ3) is 3.20. The molecule has 1 spiro atoms. The van der Waals surface area contributed by atoms with Crippen LogP contribution in [0.3, 0.4) is 0 Å². The minimum atomic E-state index is -0.279. The number of benzene rings is 1. The number of allylic oxidation sites excluding steroid dienone is 4. The maximum atomic E-state index is 12.2. The predicted octanol–water partition coefficient (Wildman–Crippen LogP) is 4.33. The van der Waals surface area contributed by atoms with Crippen LogP contribution in [-0.2, 0) is 11.2 Å². The molecular weight excluding hydrogens is 326 g/mol. The van der Waals surface area contributed by atoms with Gasteiger partial charge in [0.1, 0.15) is 0 Å². The van der Waals surface area contributed by atoms with Gasteiger partial charge in [-0.2, -0.15) is 0 Å². The number of hydrogen-bond donors (Lipinski definition) is 0. The van der Waals surface area contributed by atoms with Gasteiger partial charge in [0.15, 0.2) is 17.3 Å². The topological polar surface area (TPSA) is 47.9 Å². The second-order valence-corrected chi connectivity index (χ2v) is 7.94. The highest BCUT2D eigenvalue weighted by molar-refractivity contribution is 6.11. The summed E-state index contributed by atoms with van der Waals surface area (Å²) in [5, 5.41) is 0. The van der Waals surface area contributed by atoms with E-state index in [4.69, 9.17) is 14.5 Å². The highest BCUT2D eigenvalue weighted by atomic mass is 16.5. The monoisotopic (exact) mass is 353 g/mol. The van der Waals surface area contributed by atoms with Crippen LogP contribution in [0.2, 0.25) is 0 Å². The highest BCUT2D eigenvalue weighted by Gasteiger charge is 2.45. The van der Waals surface area contributed by atoms with Crippen LogP contribution in [0.1, 0.15) is 39.7 Å². The summed E-state index contributed by atoms with van der Waals surface area (Å²) < 4.78 is 10.8. The summed E-state index contributed by atoms with van der Waals surface area (Å²) in [6.07, 6.45) is 5.81. The third-order valence-electron chi connectivity index (χ3n) is 5.18. The maximum absolute atomic E-state index is 12.2. The van der Waals surface area contributed by atoms with E-state index in [0.717, 1.165) is 34.6 Å². The fraction of sp³-hybridized carbons (Fsp3) is 0.455. The lowest BCUT2D eigenvalue weighted by atomic mass is 9.70. The van der Waals surface area contributed by atoms with E-state index in [1.807, 2.05) is 32.0 Å². The van der Waals surface area contributed by atoms with Crippen molar-refractivity contribution in [2.24, 2.45) is 10.4 Å². The first-order valence-electron chi connectivity index (χ1n) is 8.93. The second-order valence-electron chi connectivity index (χ2n) is 7.94. The van der Waals surface area contributed by atoms with E-state index in [1.165, 1.54) is 0 Å². The summed E-state index contributed by atoms with van der Waals surface area (Å²) in [5.41, 5.74) is 3.40. The van der Waals surface area contributed by atoms with Crippen LogP contribution in [0.15, 0.2) is 46.5 Å². The third-order valence-corrected chi connectivity index (χ3v) is 5.18. The van der Waals surface area contributed by atoms with Gasteiger partial charge in [-0.1, -0.05) is 18.2 Å². The SMILES string of the molecule is COc1ccc(CC2=NC(C)(C)CC23C=C(C)C(=O)C(C)=C3)cc1OC. The number of rotatable bonds is 4. The molecule has 1 heterocycles. The molecule has 138 valence electrons. The quantitative estimate of drug-likeness (QED) is 0.809. The van der Waals surface area contributed by atoms with E-state index >= 15 is 0 Å². The zero-order valence-electron chi connectivity index (χ0n) is 16.5. The Morgan fingerprint density at radius 3 is 2.23 bits per heavy atom. The highest BCUT2D eigenvalue weighted by Crippen LogP contribution is 2.46. The average molecular weight is 353 g/mol. The smallest absolute Gasteiger partial charge is 0.183 e. The minimum Gasteiger partial charge on any atom is -0.493 e. The molecule has 4 nitrogen and oxygen atoms in total. The Bertz CT molecular complexity index is 821. The standard InChI is InChI=1S/C22H27NO3/c1-14-11-22(12-15(2)20(14)24)13-21(3,4)23-19(22)10-16-7-8-17(25-5)18(9-16)26-6/h7-9,11-12H,10,13H2,1-6H3. The minimum absolute atomic E-state index is 0.130. The van der Waals surface area contributed by atoms with Crippen molar-refractivity contribution in [1.29, 1.82) is 0 Å². The fourth-order valence-electron chi connectivity index (χ4n) is 4.24. The molecule has 1 aromatic rings. The van der Waals surface area contributed by atoms with Crippen LogP contribution >= 0.6 is 0 Å². The number of Topliss-reactive ketones (excluding diaryl/α,β-unsaturated/α-hetero) is 1. The number of carbonyl (C=O) groups is 1. The summed E-state index contributed by atoms with van der Waals surface area (Å²) in [7, 11) is 3.28. The van der Waals surface area contributed by atoms with Crippen LogP contribution in [0.4, 0.5) is 0 Å². The number of methoxy groups -OCH3 is 2. The van der Waals surface area contributed by atoms with Crippen molar-refractivity contribution < 1.29 is 14.3 Å². The van der Waals surface area contributed by atoms with Gasteiger partial charge in [-0.15, -0.1) is 0 Å². The molecule has 0 radical (unpaired) electrons. The van der Waals surface area contributed by atoms with Gasteiger partial charge >= 0.3 is 0 Å². The lowest BCUT2D eigenvalue weighted by Crippen LogP contribution is -2.31. The molecule has 0 N–H and O–H groups in total. The number of aliphatic imine (C=N–C) groups is 1. The Morgan fingerprint density at radius 2 is 1.65 bits per heavy atom. The molecule has 0 unspecified atom stereocenters. The zero-order valence-corrected chi connectivity index (χ0v) is 16.5. The van der Waals surface area contributed by atoms with Crippen LogP contribution in [0.5, 0.6) is 11.5 Å². The van der Waals surface area contributed by atoms with Crippen molar-refractivity contribution in [1.82, 2.24) is 0 Å². The Balaban J connectivity index is 2.01. The Labute approximate surface area is 155 Å². The first kappa shape index (κ1) is 18.4. The lowest BCUT2D eigenvalue weighted by molar-refractivity contribution is -0.112. The van der Waals surface area contributed by atoms with Gasteiger partial charge in [0.25, 0.3) is 0 Å². The molecule has 0 bridgehead atoms. The molecule has 0 atom stereocenters. The molecule has 0 amide bonds. The normalized spacial score (nSPS) is 20.5. The van der Waals surface area contributed by atoms with Crippen LogP contribution in [0.25, 0.3) is 0 Å².